The highest BCUT2D eigenvalue weighted by atomic mass is 16.2. The van der Waals surface area contributed by atoms with Crippen molar-refractivity contribution in [2.75, 3.05) is 6.54 Å². The number of aromatic nitrogens is 2. The fraction of sp³-hybridized carbons (Fsp3) is 0.545. The molecule has 0 aromatic carbocycles. The van der Waals surface area contributed by atoms with Crippen molar-refractivity contribution < 1.29 is 4.79 Å². The zero-order valence-corrected chi connectivity index (χ0v) is 9.36. The van der Waals surface area contributed by atoms with Crippen molar-refractivity contribution in [1.82, 2.24) is 20.6 Å². The first-order valence-corrected chi connectivity index (χ1v) is 5.54. The minimum absolute atomic E-state index is 0.0293. The lowest BCUT2D eigenvalue weighted by Crippen LogP contribution is -2.40. The van der Waals surface area contributed by atoms with Crippen LogP contribution in [0.5, 0.6) is 0 Å². The average molecular weight is 220 g/mol. The summed E-state index contributed by atoms with van der Waals surface area (Å²) in [5.74, 6) is 0.0554. The van der Waals surface area contributed by atoms with Gasteiger partial charge in [-0.15, -0.1) is 0 Å². The van der Waals surface area contributed by atoms with E-state index in [9.17, 15) is 4.79 Å². The van der Waals surface area contributed by atoms with Crippen LogP contribution in [0.15, 0.2) is 12.4 Å². The Kier molecular flexibility index (Phi) is 3.46. The molecule has 1 amide bonds. The van der Waals surface area contributed by atoms with E-state index < -0.39 is 0 Å². The number of carbonyl (C=O) groups excluding carboxylic acids is 1. The van der Waals surface area contributed by atoms with Crippen LogP contribution in [-0.4, -0.2) is 28.5 Å². The molecule has 1 aliphatic heterocycles. The van der Waals surface area contributed by atoms with Crippen LogP contribution in [0.2, 0.25) is 0 Å². The Balaban J connectivity index is 1.82. The average Bonchev–Trinajstić information content (AvgIpc) is 2.81. The van der Waals surface area contributed by atoms with E-state index in [0.29, 0.717) is 6.54 Å². The van der Waals surface area contributed by atoms with E-state index in [2.05, 4.69) is 20.6 Å². The van der Waals surface area contributed by atoms with Crippen molar-refractivity contribution >= 4 is 5.91 Å². The zero-order valence-electron chi connectivity index (χ0n) is 9.36. The standard InChI is InChI=1S/C11H16N4O/c1-8-5-14-9(6-13-8)7-15-11(16)10-3-2-4-12-10/h5-6,10,12H,2-4,7H2,1H3,(H,15,16). The summed E-state index contributed by atoms with van der Waals surface area (Å²) < 4.78 is 0. The Bertz CT molecular complexity index is 357. The molecule has 5 nitrogen and oxygen atoms in total. The Morgan fingerprint density at radius 2 is 2.44 bits per heavy atom. The Labute approximate surface area is 94.7 Å². The molecule has 0 radical (unpaired) electrons. The SMILES string of the molecule is Cc1cnc(CNC(=O)C2CCCN2)cn1. The van der Waals surface area contributed by atoms with Crippen molar-refractivity contribution in [3.63, 3.8) is 0 Å². The third-order valence-corrected chi connectivity index (χ3v) is 2.65. The molecule has 2 heterocycles. The second kappa shape index (κ2) is 5.03. The molecule has 1 aliphatic rings. The number of hydrogen-bond donors (Lipinski definition) is 2. The van der Waals surface area contributed by atoms with Gasteiger partial charge in [0, 0.05) is 6.20 Å². The third-order valence-electron chi connectivity index (χ3n) is 2.65. The number of carbonyl (C=O) groups is 1. The topological polar surface area (TPSA) is 66.9 Å². The van der Waals surface area contributed by atoms with Crippen LogP contribution >= 0.6 is 0 Å². The van der Waals surface area contributed by atoms with Crippen LogP contribution in [0.4, 0.5) is 0 Å². The molecule has 1 unspecified atom stereocenters. The number of amides is 1. The molecular formula is C11H16N4O. The third kappa shape index (κ3) is 2.76. The molecule has 86 valence electrons. The Hall–Kier alpha value is -1.49. The fourth-order valence-corrected chi connectivity index (χ4v) is 1.72. The smallest absolute Gasteiger partial charge is 0.237 e. The lowest BCUT2D eigenvalue weighted by Gasteiger charge is -2.10. The molecule has 0 bridgehead atoms. The summed E-state index contributed by atoms with van der Waals surface area (Å²) in [5.41, 5.74) is 1.67. The van der Waals surface area contributed by atoms with E-state index in [1.807, 2.05) is 6.92 Å². The maximum Gasteiger partial charge on any atom is 0.237 e. The fourth-order valence-electron chi connectivity index (χ4n) is 1.72. The summed E-state index contributed by atoms with van der Waals surface area (Å²) in [5, 5.41) is 6.01. The predicted molar refractivity (Wildman–Crippen MR) is 59.6 cm³/mol. The summed E-state index contributed by atoms with van der Waals surface area (Å²) in [4.78, 5) is 20.0. The molecule has 2 N–H and O–H groups in total. The van der Waals surface area contributed by atoms with Gasteiger partial charge in [-0.05, 0) is 26.3 Å². The maximum atomic E-state index is 11.7. The molecule has 16 heavy (non-hydrogen) atoms. The van der Waals surface area contributed by atoms with Gasteiger partial charge in [0.05, 0.1) is 30.2 Å². The van der Waals surface area contributed by atoms with Crippen molar-refractivity contribution in [3.8, 4) is 0 Å². The first-order chi connectivity index (χ1) is 7.75. The highest BCUT2D eigenvalue weighted by Crippen LogP contribution is 2.04. The van der Waals surface area contributed by atoms with Crippen LogP contribution in [0, 0.1) is 6.92 Å². The second-order valence-electron chi connectivity index (χ2n) is 4.02. The number of aryl methyl sites for hydroxylation is 1. The van der Waals surface area contributed by atoms with E-state index in [1.165, 1.54) is 0 Å². The normalized spacial score (nSPS) is 19.7. The summed E-state index contributed by atoms with van der Waals surface area (Å²) in [6.07, 6.45) is 5.39. The van der Waals surface area contributed by atoms with E-state index in [0.717, 1.165) is 30.8 Å². The molecular weight excluding hydrogens is 204 g/mol. The number of nitrogens with zero attached hydrogens (tertiary/aromatic N) is 2. The Morgan fingerprint density at radius 1 is 1.56 bits per heavy atom. The molecule has 2 rings (SSSR count). The van der Waals surface area contributed by atoms with E-state index in [1.54, 1.807) is 12.4 Å². The number of nitrogens with one attached hydrogen (secondary N) is 2. The first-order valence-electron chi connectivity index (χ1n) is 5.54. The van der Waals surface area contributed by atoms with Crippen molar-refractivity contribution in [1.29, 1.82) is 0 Å². The van der Waals surface area contributed by atoms with Gasteiger partial charge in [0.1, 0.15) is 0 Å². The van der Waals surface area contributed by atoms with E-state index in [4.69, 9.17) is 0 Å². The van der Waals surface area contributed by atoms with E-state index >= 15 is 0 Å². The highest BCUT2D eigenvalue weighted by molar-refractivity contribution is 5.81. The van der Waals surface area contributed by atoms with Crippen molar-refractivity contribution in [3.05, 3.63) is 23.8 Å². The van der Waals surface area contributed by atoms with E-state index in [-0.39, 0.29) is 11.9 Å². The molecule has 1 aromatic heterocycles. The lowest BCUT2D eigenvalue weighted by atomic mass is 10.2. The molecule has 1 aromatic rings. The molecule has 1 fully saturated rings. The van der Waals surface area contributed by atoms with Gasteiger partial charge in [0.15, 0.2) is 0 Å². The van der Waals surface area contributed by atoms with Gasteiger partial charge in [0.25, 0.3) is 0 Å². The minimum atomic E-state index is -0.0293. The van der Waals surface area contributed by atoms with Gasteiger partial charge in [-0.25, -0.2) is 0 Å². The first kappa shape index (κ1) is 11.0. The maximum absolute atomic E-state index is 11.7. The molecule has 5 heteroatoms. The van der Waals surface area contributed by atoms with Gasteiger partial charge in [-0.3, -0.25) is 14.8 Å². The van der Waals surface area contributed by atoms with Gasteiger partial charge >= 0.3 is 0 Å². The molecule has 1 atom stereocenters. The lowest BCUT2D eigenvalue weighted by molar-refractivity contribution is -0.122. The van der Waals surface area contributed by atoms with Crippen LogP contribution in [0.25, 0.3) is 0 Å². The number of hydrogen-bond acceptors (Lipinski definition) is 4. The minimum Gasteiger partial charge on any atom is -0.349 e. The molecule has 0 spiro atoms. The van der Waals surface area contributed by atoms with Gasteiger partial charge in [-0.2, -0.15) is 0 Å². The summed E-state index contributed by atoms with van der Waals surface area (Å²) in [7, 11) is 0. The Morgan fingerprint density at radius 3 is 3.06 bits per heavy atom. The highest BCUT2D eigenvalue weighted by Gasteiger charge is 2.21. The van der Waals surface area contributed by atoms with Crippen LogP contribution in [0.3, 0.4) is 0 Å². The summed E-state index contributed by atoms with van der Waals surface area (Å²) in [6.45, 7) is 3.27. The number of rotatable bonds is 3. The zero-order chi connectivity index (χ0) is 11.4. The van der Waals surface area contributed by atoms with Crippen LogP contribution in [0.1, 0.15) is 24.2 Å². The van der Waals surface area contributed by atoms with Crippen LogP contribution < -0.4 is 10.6 Å². The van der Waals surface area contributed by atoms with Gasteiger partial charge in [-0.1, -0.05) is 0 Å². The monoisotopic (exact) mass is 220 g/mol. The van der Waals surface area contributed by atoms with Gasteiger partial charge < -0.3 is 10.6 Å². The van der Waals surface area contributed by atoms with Crippen LogP contribution in [-0.2, 0) is 11.3 Å². The summed E-state index contributed by atoms with van der Waals surface area (Å²) in [6, 6.07) is -0.0293. The van der Waals surface area contributed by atoms with Crippen molar-refractivity contribution in [2.45, 2.75) is 32.4 Å². The summed E-state index contributed by atoms with van der Waals surface area (Å²) >= 11 is 0. The molecule has 0 saturated carbocycles. The second-order valence-corrected chi connectivity index (χ2v) is 4.02. The largest absolute Gasteiger partial charge is 0.349 e. The molecule has 1 saturated heterocycles. The van der Waals surface area contributed by atoms with Gasteiger partial charge in [0.2, 0.25) is 5.91 Å². The quantitative estimate of drug-likeness (QED) is 0.761. The molecule has 0 aliphatic carbocycles. The van der Waals surface area contributed by atoms with Crippen molar-refractivity contribution in [2.24, 2.45) is 0 Å². The predicted octanol–water partition coefficient (Wildman–Crippen LogP) is 0.153.